The van der Waals surface area contributed by atoms with Crippen molar-refractivity contribution in [3.05, 3.63) is 61.7 Å². The quantitative estimate of drug-likeness (QED) is 0.351. The highest BCUT2D eigenvalue weighted by Crippen LogP contribution is 2.31. The Hall–Kier alpha value is -1.96. The first-order valence-electron chi connectivity index (χ1n) is 5.66. The van der Waals surface area contributed by atoms with Gasteiger partial charge in [-0.15, -0.1) is 0 Å². The summed E-state index contributed by atoms with van der Waals surface area (Å²) in [7, 11) is 1.28. The minimum absolute atomic E-state index is 0.0627. The Morgan fingerprint density at radius 2 is 1.90 bits per heavy atom. The lowest BCUT2D eigenvalue weighted by Crippen LogP contribution is -2.04. The van der Waals surface area contributed by atoms with Crippen LogP contribution in [0.4, 0.5) is 5.69 Å². The third-order valence-electron chi connectivity index (χ3n) is 2.78. The fourth-order valence-electron chi connectivity index (χ4n) is 1.84. The fourth-order valence-corrected chi connectivity index (χ4v) is 2.51. The number of hydrogen-bond donors (Lipinski definition) is 0. The molecule has 0 saturated heterocycles. The molecule has 2 aromatic rings. The van der Waals surface area contributed by atoms with Gasteiger partial charge in [0.1, 0.15) is 0 Å². The van der Waals surface area contributed by atoms with E-state index >= 15 is 0 Å². The number of carbonyl (C=O) groups excluding carboxylic acids is 1. The van der Waals surface area contributed by atoms with Crippen LogP contribution in [0, 0.1) is 13.7 Å². The Kier molecular flexibility index (Phi) is 4.33. The Bertz CT molecular complexity index is 685. The number of nitro benzene ring substituents is 1. The van der Waals surface area contributed by atoms with Crippen molar-refractivity contribution in [1.29, 1.82) is 0 Å². The van der Waals surface area contributed by atoms with Crippen molar-refractivity contribution in [2.45, 2.75) is 0 Å². The third-order valence-corrected chi connectivity index (χ3v) is 3.72. The number of nitro groups is 1. The van der Waals surface area contributed by atoms with Gasteiger partial charge in [-0.05, 0) is 40.3 Å². The molecule has 0 amide bonds. The summed E-state index contributed by atoms with van der Waals surface area (Å²) >= 11 is 2.12. The van der Waals surface area contributed by atoms with Gasteiger partial charge in [-0.2, -0.15) is 0 Å². The zero-order valence-corrected chi connectivity index (χ0v) is 12.7. The van der Waals surface area contributed by atoms with Crippen molar-refractivity contribution in [1.82, 2.24) is 0 Å². The monoisotopic (exact) mass is 383 g/mol. The number of esters is 1. The van der Waals surface area contributed by atoms with E-state index in [9.17, 15) is 14.9 Å². The number of nitrogens with zero attached hydrogens (tertiary/aromatic N) is 1. The van der Waals surface area contributed by atoms with E-state index in [0.29, 0.717) is 11.1 Å². The maximum absolute atomic E-state index is 11.8. The topological polar surface area (TPSA) is 69.4 Å². The summed E-state index contributed by atoms with van der Waals surface area (Å²) in [6.07, 6.45) is 0. The van der Waals surface area contributed by atoms with Crippen molar-refractivity contribution in [2.75, 3.05) is 7.11 Å². The molecule has 5 nitrogen and oxygen atoms in total. The van der Waals surface area contributed by atoms with Crippen molar-refractivity contribution >= 4 is 34.2 Å². The Morgan fingerprint density at radius 1 is 1.20 bits per heavy atom. The number of carbonyl (C=O) groups is 1. The van der Waals surface area contributed by atoms with E-state index in [1.807, 2.05) is 24.3 Å². The van der Waals surface area contributed by atoms with Crippen molar-refractivity contribution in [3.8, 4) is 11.1 Å². The smallest absolute Gasteiger partial charge is 0.338 e. The second-order valence-electron chi connectivity index (χ2n) is 3.96. The summed E-state index contributed by atoms with van der Waals surface area (Å²) in [5.41, 5.74) is 1.50. The number of ether oxygens (including phenoxy) is 1. The fraction of sp³-hybridized carbons (Fsp3) is 0.0714. The first-order valence-corrected chi connectivity index (χ1v) is 6.74. The Balaban J connectivity index is 2.70. The van der Waals surface area contributed by atoms with Crippen LogP contribution in [-0.4, -0.2) is 18.0 Å². The predicted octanol–water partition coefficient (Wildman–Crippen LogP) is 3.65. The number of hydrogen-bond acceptors (Lipinski definition) is 4. The van der Waals surface area contributed by atoms with E-state index in [4.69, 9.17) is 4.74 Å². The molecule has 102 valence electrons. The molecular formula is C14H10INO4. The van der Waals surface area contributed by atoms with Gasteiger partial charge in [-0.1, -0.05) is 18.2 Å². The molecular weight excluding hydrogens is 373 g/mol. The van der Waals surface area contributed by atoms with E-state index in [1.165, 1.54) is 25.3 Å². The van der Waals surface area contributed by atoms with Gasteiger partial charge >= 0.3 is 5.97 Å². The van der Waals surface area contributed by atoms with Crippen LogP contribution in [0.25, 0.3) is 11.1 Å². The molecule has 0 saturated carbocycles. The molecule has 0 atom stereocenters. The molecule has 0 aromatic heterocycles. The van der Waals surface area contributed by atoms with Crippen LogP contribution in [-0.2, 0) is 4.74 Å². The molecule has 0 N–H and O–H groups in total. The maximum Gasteiger partial charge on any atom is 0.338 e. The van der Waals surface area contributed by atoms with E-state index in [-0.39, 0.29) is 5.69 Å². The van der Waals surface area contributed by atoms with Gasteiger partial charge in [0.2, 0.25) is 0 Å². The molecule has 0 aliphatic heterocycles. The van der Waals surface area contributed by atoms with Crippen LogP contribution >= 0.6 is 22.6 Å². The standard InChI is InChI=1S/C14H10INO4/c1-20-14(17)11-7-6-9(16(18)19)8-12(11)10-4-2-3-5-13(10)15/h2-8H,1H3. The largest absolute Gasteiger partial charge is 0.465 e. The van der Waals surface area contributed by atoms with Crippen LogP contribution in [0.5, 0.6) is 0 Å². The zero-order valence-electron chi connectivity index (χ0n) is 10.5. The van der Waals surface area contributed by atoms with Crippen LogP contribution in [0.3, 0.4) is 0 Å². The minimum Gasteiger partial charge on any atom is -0.465 e. The molecule has 2 aromatic carbocycles. The first kappa shape index (κ1) is 14.4. The summed E-state index contributed by atoms with van der Waals surface area (Å²) in [6, 6.07) is 11.5. The summed E-state index contributed by atoms with van der Waals surface area (Å²) in [6.45, 7) is 0. The van der Waals surface area contributed by atoms with E-state index < -0.39 is 10.9 Å². The second kappa shape index (κ2) is 6.00. The highest BCUT2D eigenvalue weighted by Gasteiger charge is 2.18. The normalized spacial score (nSPS) is 10.1. The minimum atomic E-state index is -0.519. The van der Waals surface area contributed by atoms with Gasteiger partial charge in [0, 0.05) is 21.3 Å². The number of methoxy groups -OCH3 is 1. The lowest BCUT2D eigenvalue weighted by atomic mass is 9.99. The number of halogens is 1. The van der Waals surface area contributed by atoms with Gasteiger partial charge in [-0.3, -0.25) is 10.1 Å². The first-order chi connectivity index (χ1) is 9.54. The molecule has 0 fully saturated rings. The molecule has 20 heavy (non-hydrogen) atoms. The predicted molar refractivity (Wildman–Crippen MR) is 82.6 cm³/mol. The van der Waals surface area contributed by atoms with Gasteiger partial charge in [0.15, 0.2) is 0 Å². The van der Waals surface area contributed by atoms with Gasteiger partial charge in [0.25, 0.3) is 5.69 Å². The number of benzene rings is 2. The average Bonchev–Trinajstić information content (AvgIpc) is 2.46. The van der Waals surface area contributed by atoms with E-state index in [0.717, 1.165) is 9.13 Å². The van der Waals surface area contributed by atoms with E-state index in [2.05, 4.69) is 22.6 Å². The summed E-state index contributed by atoms with van der Waals surface area (Å²) in [5, 5.41) is 10.9. The molecule has 2 rings (SSSR count). The highest BCUT2D eigenvalue weighted by molar-refractivity contribution is 14.1. The lowest BCUT2D eigenvalue weighted by molar-refractivity contribution is -0.384. The van der Waals surface area contributed by atoms with Gasteiger partial charge in [-0.25, -0.2) is 4.79 Å². The third kappa shape index (κ3) is 2.79. The van der Waals surface area contributed by atoms with Crippen LogP contribution in [0.15, 0.2) is 42.5 Å². The molecule has 0 unspecified atom stereocenters. The van der Waals surface area contributed by atoms with Gasteiger partial charge in [0.05, 0.1) is 17.6 Å². The molecule has 6 heteroatoms. The Labute approximate surface area is 128 Å². The van der Waals surface area contributed by atoms with Crippen molar-refractivity contribution < 1.29 is 14.5 Å². The SMILES string of the molecule is COC(=O)c1ccc([N+](=O)[O-])cc1-c1ccccc1I. The summed E-state index contributed by atoms with van der Waals surface area (Å²) in [5.74, 6) is -0.519. The average molecular weight is 383 g/mol. The van der Waals surface area contributed by atoms with Crippen LogP contribution < -0.4 is 0 Å². The molecule has 0 aliphatic carbocycles. The summed E-state index contributed by atoms with van der Waals surface area (Å²) < 4.78 is 5.63. The Morgan fingerprint density at radius 3 is 2.50 bits per heavy atom. The molecule has 0 aliphatic rings. The molecule has 0 spiro atoms. The van der Waals surface area contributed by atoms with Crippen LogP contribution in [0.2, 0.25) is 0 Å². The molecule has 0 radical (unpaired) electrons. The second-order valence-corrected chi connectivity index (χ2v) is 5.12. The molecule has 0 bridgehead atoms. The maximum atomic E-state index is 11.8. The van der Waals surface area contributed by atoms with Gasteiger partial charge < -0.3 is 4.74 Å². The highest BCUT2D eigenvalue weighted by atomic mass is 127. The summed E-state index contributed by atoms with van der Waals surface area (Å²) in [4.78, 5) is 22.2. The molecule has 0 heterocycles. The van der Waals surface area contributed by atoms with Crippen molar-refractivity contribution in [2.24, 2.45) is 0 Å². The van der Waals surface area contributed by atoms with Crippen molar-refractivity contribution in [3.63, 3.8) is 0 Å². The lowest BCUT2D eigenvalue weighted by Gasteiger charge is -2.09. The zero-order chi connectivity index (χ0) is 14.7. The van der Waals surface area contributed by atoms with Crippen LogP contribution in [0.1, 0.15) is 10.4 Å². The van der Waals surface area contributed by atoms with E-state index in [1.54, 1.807) is 0 Å². The number of rotatable bonds is 3. The number of non-ortho nitro benzene ring substituents is 1.